The molecule has 274 valence electrons. The van der Waals surface area contributed by atoms with E-state index in [0.29, 0.717) is 46.6 Å². The number of hydrogen-bond donors (Lipinski definition) is 5. The number of ether oxygens (including phenoxy) is 1. The van der Waals surface area contributed by atoms with Crippen molar-refractivity contribution >= 4 is 53.8 Å². The Balaban J connectivity index is 1.42. The number of aliphatic imine (C=N–C) groups is 1. The van der Waals surface area contributed by atoms with Crippen LogP contribution in [-0.4, -0.2) is 88.9 Å². The number of nitrogens with two attached hydrogens (primary N) is 3. The van der Waals surface area contributed by atoms with Crippen molar-refractivity contribution in [1.82, 2.24) is 19.4 Å². The van der Waals surface area contributed by atoms with Crippen LogP contribution in [0.15, 0.2) is 64.5 Å². The van der Waals surface area contributed by atoms with Gasteiger partial charge in [-0.1, -0.05) is 73.2 Å². The molecule has 0 radical (unpaired) electrons. The third kappa shape index (κ3) is 9.38. The molecule has 1 aromatic carbocycles. The molecule has 2 heterocycles. The third-order valence-electron chi connectivity index (χ3n) is 9.74. The molecule has 2 atom stereocenters. The Kier molecular flexibility index (Phi) is 13.8. The van der Waals surface area contributed by atoms with Gasteiger partial charge >= 0.3 is 0 Å². The Bertz CT molecular complexity index is 1560. The summed E-state index contributed by atoms with van der Waals surface area (Å²) in [5.74, 6) is 0.340. The Morgan fingerprint density at radius 1 is 1.02 bits per heavy atom. The molecule has 1 aromatic rings. The van der Waals surface area contributed by atoms with E-state index >= 15 is 0 Å². The number of guanidine groups is 1. The number of nitrogens with one attached hydrogen (secondary N) is 1. The second kappa shape index (κ2) is 17.4. The smallest absolute Gasteiger partial charge is 0.247 e. The molecule has 4 rings (SSSR count). The molecule has 50 heavy (non-hydrogen) atoms. The predicted molar refractivity (Wildman–Crippen MR) is 206 cm³/mol. The highest BCUT2D eigenvalue weighted by Crippen LogP contribution is 2.39. The van der Waals surface area contributed by atoms with Gasteiger partial charge in [-0.2, -0.15) is 0 Å². The van der Waals surface area contributed by atoms with Crippen LogP contribution < -0.4 is 21.9 Å². The first-order valence-corrected chi connectivity index (χ1v) is 18.3. The molecule has 2 amide bonds. The van der Waals surface area contributed by atoms with Crippen LogP contribution in [0.3, 0.4) is 0 Å². The van der Waals surface area contributed by atoms with Crippen molar-refractivity contribution in [3.63, 3.8) is 0 Å². The highest BCUT2D eigenvalue weighted by atomic mass is 35.5. The Hall–Kier alpha value is -3.16. The molecule has 1 fully saturated rings. The highest BCUT2D eigenvalue weighted by molar-refractivity contribution is 7.78. The minimum Gasteiger partial charge on any atom is -0.491 e. The van der Waals surface area contributed by atoms with Gasteiger partial charge in [0, 0.05) is 55.4 Å². The molecule has 0 saturated carbocycles. The average molecular weight is 748 g/mol. The van der Waals surface area contributed by atoms with Gasteiger partial charge in [0.25, 0.3) is 0 Å². The second-order valence-corrected chi connectivity index (χ2v) is 14.9. The first-order valence-electron chi connectivity index (χ1n) is 17.1. The Morgan fingerprint density at radius 3 is 2.38 bits per heavy atom. The fraction of sp³-hybridized carbons (Fsp3) is 0.528. The van der Waals surface area contributed by atoms with Crippen molar-refractivity contribution in [2.24, 2.45) is 22.2 Å². The van der Waals surface area contributed by atoms with Crippen LogP contribution >= 0.6 is 36.0 Å². The van der Waals surface area contributed by atoms with E-state index in [2.05, 4.69) is 38.4 Å². The number of allylic oxidation sites excluding steroid dienone is 5. The molecule has 0 aromatic heterocycles. The fourth-order valence-electron chi connectivity index (χ4n) is 6.72. The second-order valence-electron chi connectivity index (χ2n) is 13.9. The monoisotopic (exact) mass is 746 g/mol. The first kappa shape index (κ1) is 39.6. The summed E-state index contributed by atoms with van der Waals surface area (Å²) in [5, 5.41) is 0.834. The minimum absolute atomic E-state index is 0.0777. The first-order chi connectivity index (χ1) is 23.7. The molecule has 3 aliphatic rings. The van der Waals surface area contributed by atoms with Crippen molar-refractivity contribution in [2.75, 3.05) is 39.3 Å². The van der Waals surface area contributed by atoms with Gasteiger partial charge in [-0.3, -0.25) is 24.2 Å². The van der Waals surface area contributed by atoms with E-state index in [0.717, 1.165) is 56.6 Å². The molecular weight excluding hydrogens is 695 g/mol. The summed E-state index contributed by atoms with van der Waals surface area (Å²) in [5.41, 5.74) is 17.7. The van der Waals surface area contributed by atoms with Crippen molar-refractivity contribution in [3.05, 3.63) is 80.7 Å². The maximum Gasteiger partial charge on any atom is 0.247 e. The van der Waals surface area contributed by atoms with Crippen LogP contribution in [0, 0.1) is 0 Å². The van der Waals surface area contributed by atoms with Gasteiger partial charge < -0.3 is 31.7 Å². The number of primary amides is 1. The number of carbonyl (C=O) groups is 2. The van der Waals surface area contributed by atoms with Crippen LogP contribution in [0.1, 0.15) is 64.5 Å². The fourth-order valence-corrected chi connectivity index (χ4v) is 7.46. The zero-order valence-electron chi connectivity index (χ0n) is 29.6. The van der Waals surface area contributed by atoms with Crippen LogP contribution in [-0.2, 0) is 27.4 Å². The lowest BCUT2D eigenvalue weighted by Crippen LogP contribution is -2.62. The van der Waals surface area contributed by atoms with E-state index in [-0.39, 0.29) is 30.9 Å². The quantitative estimate of drug-likeness (QED) is 0.0720. The van der Waals surface area contributed by atoms with Crippen molar-refractivity contribution in [1.29, 1.82) is 0 Å². The number of halogens is 2. The minimum atomic E-state index is -1.12. The van der Waals surface area contributed by atoms with E-state index in [9.17, 15) is 9.59 Å². The normalized spacial score (nSPS) is 19.2. The number of rotatable bonds is 16. The molecule has 7 N–H and O–H groups in total. The van der Waals surface area contributed by atoms with E-state index in [1.807, 2.05) is 50.0 Å². The molecule has 0 spiro atoms. The summed E-state index contributed by atoms with van der Waals surface area (Å²) < 4.78 is 9.21. The molecular formula is C36H52Cl2N8O3S. The summed E-state index contributed by atoms with van der Waals surface area (Å²) in [4.78, 5) is 37.0. The number of nitrogens with zero attached hydrogens (tertiary/aromatic N) is 4. The Labute approximate surface area is 312 Å². The maximum atomic E-state index is 14.3. The lowest BCUT2D eigenvalue weighted by Gasteiger charge is -2.49. The number of unbranched alkanes of at least 4 members (excludes halogenated alkanes) is 3. The number of thiol groups is 1. The summed E-state index contributed by atoms with van der Waals surface area (Å²) in [6.07, 6.45) is 14.6. The van der Waals surface area contributed by atoms with Gasteiger partial charge in [0.15, 0.2) is 5.96 Å². The molecule has 2 aliphatic heterocycles. The van der Waals surface area contributed by atoms with Crippen LogP contribution in [0.5, 0.6) is 0 Å². The van der Waals surface area contributed by atoms with Crippen molar-refractivity contribution in [2.45, 2.75) is 83.5 Å². The number of amides is 2. The van der Waals surface area contributed by atoms with Gasteiger partial charge in [-0.15, -0.1) is 0 Å². The summed E-state index contributed by atoms with van der Waals surface area (Å²) in [7, 11) is 0. The van der Waals surface area contributed by atoms with Crippen LogP contribution in [0.2, 0.25) is 10.0 Å². The van der Waals surface area contributed by atoms with Crippen LogP contribution in [0.25, 0.3) is 0 Å². The van der Waals surface area contributed by atoms with E-state index in [1.165, 1.54) is 0 Å². The average Bonchev–Trinajstić information content (AvgIpc) is 3.08. The maximum absolute atomic E-state index is 14.3. The summed E-state index contributed by atoms with van der Waals surface area (Å²) in [6.45, 7) is 12.5. The third-order valence-corrected chi connectivity index (χ3v) is 11.1. The predicted octanol–water partition coefficient (Wildman–Crippen LogP) is 4.46. The molecule has 0 bridgehead atoms. The van der Waals surface area contributed by atoms with E-state index < -0.39 is 17.0 Å². The molecule has 1 saturated heterocycles. The van der Waals surface area contributed by atoms with Gasteiger partial charge in [0.2, 0.25) is 11.8 Å². The standard InChI is InChI=1S/C36H52Cl2N8O3S/c1-24-12-13-25-10-9-11-29(49-23-27-28(37)15-14-26(30(27)38)22-36(4,43-50)32(39)47)31(25)46(24)35(2,3)33(48)45-20-18-44(19-21-45)17-8-6-5-7-16-42-34(40)41/h9-15,31,43,50H,5-8,16-23H2,1-4H3,(H2,39,47)(H4,40,41,42). The number of benzene rings is 1. The largest absolute Gasteiger partial charge is 0.491 e. The van der Waals surface area contributed by atoms with Crippen molar-refractivity contribution < 1.29 is 14.3 Å². The lowest BCUT2D eigenvalue weighted by molar-refractivity contribution is -0.144. The van der Waals surface area contributed by atoms with E-state index in [4.69, 9.17) is 45.1 Å². The number of piperazine rings is 1. The SMILES string of the molecule is CC1=CC=C2C=CC=C(OCc3c(Cl)ccc(CC(C)(NS)C(N)=O)c3Cl)C2N1C(C)(C)C(=O)N1CCN(CCCCCCN=C(N)N)CC1. The summed E-state index contributed by atoms with van der Waals surface area (Å²) >= 11 is 17.6. The molecule has 14 heteroatoms. The number of hydrogen-bond acceptors (Lipinski definition) is 8. The number of fused-ring (bicyclic) bond motifs is 1. The molecule has 1 aliphatic carbocycles. The molecule has 2 unspecified atom stereocenters. The van der Waals surface area contributed by atoms with Gasteiger partial charge in [-0.05, 0) is 76.4 Å². The summed E-state index contributed by atoms with van der Waals surface area (Å²) in [6, 6.07) is 3.18. The van der Waals surface area contributed by atoms with Gasteiger partial charge in [-0.25, -0.2) is 0 Å². The number of carbonyl (C=O) groups excluding carboxylic acids is 2. The Morgan fingerprint density at radius 2 is 1.72 bits per heavy atom. The zero-order chi connectivity index (χ0) is 36.6. The molecule has 11 nitrogen and oxygen atoms in total. The zero-order valence-corrected chi connectivity index (χ0v) is 32.0. The highest BCUT2D eigenvalue weighted by Gasteiger charge is 2.45. The van der Waals surface area contributed by atoms with E-state index in [1.54, 1.807) is 19.1 Å². The topological polar surface area (TPSA) is 156 Å². The lowest BCUT2D eigenvalue weighted by atomic mass is 9.88. The van der Waals surface area contributed by atoms with Gasteiger partial charge in [0.1, 0.15) is 29.5 Å². The van der Waals surface area contributed by atoms with Gasteiger partial charge in [0.05, 0.1) is 5.02 Å². The van der Waals surface area contributed by atoms with Crippen LogP contribution in [0.4, 0.5) is 0 Å². The van der Waals surface area contributed by atoms with Crippen molar-refractivity contribution in [3.8, 4) is 0 Å².